The summed E-state index contributed by atoms with van der Waals surface area (Å²) in [5.41, 5.74) is 3.86. The summed E-state index contributed by atoms with van der Waals surface area (Å²) >= 11 is 0. The van der Waals surface area contributed by atoms with Gasteiger partial charge in [0.05, 0.1) is 32.9 Å². The molecule has 5 heteroatoms. The molecular weight excluding hydrogens is 364 g/mol. The zero-order valence-corrected chi connectivity index (χ0v) is 17.4. The van der Waals surface area contributed by atoms with Crippen LogP contribution in [0.5, 0.6) is 11.5 Å². The Balaban J connectivity index is 1.34. The second-order valence-corrected chi connectivity index (χ2v) is 8.13. The van der Waals surface area contributed by atoms with E-state index < -0.39 is 0 Å². The second-order valence-electron chi connectivity index (χ2n) is 8.13. The third kappa shape index (κ3) is 4.25. The number of nitrogens with one attached hydrogen (secondary N) is 1. The molecule has 0 aromatic heterocycles. The normalized spacial score (nSPS) is 21.4. The van der Waals surface area contributed by atoms with Crippen LogP contribution >= 0.6 is 0 Å². The maximum atomic E-state index is 13.1. The first-order valence-electron chi connectivity index (χ1n) is 10.6. The van der Waals surface area contributed by atoms with E-state index >= 15 is 0 Å². The topological polar surface area (TPSA) is 43.2 Å². The molecule has 0 atom stereocenters. The predicted molar refractivity (Wildman–Crippen MR) is 112 cm³/mol. The first-order valence-corrected chi connectivity index (χ1v) is 10.6. The number of ether oxygens (including phenoxy) is 2. The number of likely N-dealkylation sites (tertiary alicyclic amines) is 1. The molecule has 0 saturated carbocycles. The van der Waals surface area contributed by atoms with Gasteiger partial charge in [-0.2, -0.15) is 0 Å². The van der Waals surface area contributed by atoms with E-state index in [0.29, 0.717) is 5.91 Å². The van der Waals surface area contributed by atoms with Crippen molar-refractivity contribution in [1.82, 2.24) is 4.90 Å². The van der Waals surface area contributed by atoms with Crippen molar-refractivity contribution >= 4 is 5.91 Å². The van der Waals surface area contributed by atoms with Gasteiger partial charge in [0.1, 0.15) is 6.54 Å². The van der Waals surface area contributed by atoms with E-state index in [1.165, 1.54) is 21.6 Å². The third-order valence-corrected chi connectivity index (χ3v) is 6.41. The number of quaternary nitrogens is 1. The number of benzene rings is 2. The van der Waals surface area contributed by atoms with Crippen LogP contribution in [0, 0.1) is 5.92 Å². The van der Waals surface area contributed by atoms with Crippen LogP contribution in [0.3, 0.4) is 0 Å². The van der Waals surface area contributed by atoms with Crippen molar-refractivity contribution in [3.8, 4) is 11.5 Å². The molecule has 1 amide bonds. The largest absolute Gasteiger partial charge is 0.493 e. The monoisotopic (exact) mass is 395 g/mol. The highest BCUT2D eigenvalue weighted by molar-refractivity contribution is 5.79. The molecule has 2 aliphatic heterocycles. The van der Waals surface area contributed by atoms with E-state index in [1.54, 1.807) is 14.2 Å². The van der Waals surface area contributed by atoms with Gasteiger partial charge in [-0.1, -0.05) is 30.3 Å². The smallest absolute Gasteiger partial charge is 0.226 e. The van der Waals surface area contributed by atoms with Gasteiger partial charge in [0.15, 0.2) is 11.5 Å². The van der Waals surface area contributed by atoms with Gasteiger partial charge >= 0.3 is 0 Å². The molecule has 29 heavy (non-hydrogen) atoms. The molecule has 0 aliphatic carbocycles. The fourth-order valence-electron chi connectivity index (χ4n) is 4.75. The van der Waals surface area contributed by atoms with Crippen molar-refractivity contribution in [2.75, 3.05) is 33.9 Å². The summed E-state index contributed by atoms with van der Waals surface area (Å²) < 4.78 is 11.0. The summed E-state index contributed by atoms with van der Waals surface area (Å²) in [5.74, 6) is 2.11. The van der Waals surface area contributed by atoms with E-state index in [0.717, 1.165) is 63.5 Å². The van der Waals surface area contributed by atoms with Gasteiger partial charge in [0.25, 0.3) is 0 Å². The van der Waals surface area contributed by atoms with Crippen LogP contribution in [0.2, 0.25) is 0 Å². The van der Waals surface area contributed by atoms with Crippen molar-refractivity contribution in [2.24, 2.45) is 5.92 Å². The predicted octanol–water partition coefficient (Wildman–Crippen LogP) is 2.08. The fraction of sp³-hybridized carbons (Fsp3) is 0.458. The average Bonchev–Trinajstić information content (AvgIpc) is 2.78. The lowest BCUT2D eigenvalue weighted by atomic mass is 9.92. The molecule has 2 heterocycles. The lowest BCUT2D eigenvalue weighted by Crippen LogP contribution is -3.11. The molecule has 1 N–H and O–H groups in total. The average molecular weight is 396 g/mol. The number of nitrogens with zero attached hydrogens (tertiary/aromatic N) is 1. The summed E-state index contributed by atoms with van der Waals surface area (Å²) in [5, 5.41) is 0. The fourth-order valence-corrected chi connectivity index (χ4v) is 4.75. The quantitative estimate of drug-likeness (QED) is 0.843. The van der Waals surface area contributed by atoms with Crippen LogP contribution in [0.15, 0.2) is 42.5 Å². The highest BCUT2D eigenvalue weighted by Gasteiger charge is 2.32. The SMILES string of the molecule is COc1cccc(C[NH+]2CCC(C(=O)N3CCc4ccccc4C3)CC2)c1OC. The first kappa shape index (κ1) is 19.8. The van der Waals surface area contributed by atoms with Crippen LogP contribution in [-0.2, 0) is 24.3 Å². The molecule has 2 aromatic rings. The van der Waals surface area contributed by atoms with Gasteiger partial charge in [-0.3, -0.25) is 4.79 Å². The molecule has 4 rings (SSSR count). The van der Waals surface area contributed by atoms with Crippen molar-refractivity contribution in [3.05, 3.63) is 59.2 Å². The lowest BCUT2D eigenvalue weighted by molar-refractivity contribution is -0.919. The number of para-hydroxylation sites is 1. The number of hydrogen-bond donors (Lipinski definition) is 1. The minimum absolute atomic E-state index is 0.163. The van der Waals surface area contributed by atoms with E-state index in [2.05, 4.69) is 35.2 Å². The number of rotatable bonds is 5. The molecule has 1 fully saturated rings. The van der Waals surface area contributed by atoms with Crippen molar-refractivity contribution in [1.29, 1.82) is 0 Å². The zero-order valence-electron chi connectivity index (χ0n) is 17.4. The van der Waals surface area contributed by atoms with Gasteiger partial charge in [0, 0.05) is 31.8 Å². The van der Waals surface area contributed by atoms with Gasteiger partial charge in [-0.05, 0) is 29.7 Å². The Kier molecular flexibility index (Phi) is 6.05. The summed E-state index contributed by atoms with van der Waals surface area (Å²) in [6, 6.07) is 14.6. The van der Waals surface area contributed by atoms with Crippen LogP contribution < -0.4 is 14.4 Å². The lowest BCUT2D eigenvalue weighted by Gasteiger charge is -2.35. The highest BCUT2D eigenvalue weighted by Crippen LogP contribution is 2.30. The first-order chi connectivity index (χ1) is 14.2. The van der Waals surface area contributed by atoms with Crippen LogP contribution in [0.1, 0.15) is 29.5 Å². The zero-order chi connectivity index (χ0) is 20.2. The van der Waals surface area contributed by atoms with Crippen LogP contribution in [0.25, 0.3) is 0 Å². The minimum atomic E-state index is 0.163. The Hall–Kier alpha value is -2.53. The molecule has 0 spiro atoms. The molecule has 2 aliphatic rings. The standard InChI is InChI=1S/C24H30N2O3/c1-28-22-9-5-8-21(23(22)29-2)16-25-13-10-19(11-14-25)24(27)26-15-12-18-6-3-4-7-20(18)17-26/h3-9,19H,10-17H2,1-2H3/p+1. The number of carbonyl (C=O) groups is 1. The highest BCUT2D eigenvalue weighted by atomic mass is 16.5. The number of hydrogen-bond acceptors (Lipinski definition) is 3. The number of amides is 1. The van der Waals surface area contributed by atoms with Gasteiger partial charge in [-0.15, -0.1) is 0 Å². The van der Waals surface area contributed by atoms with Crippen molar-refractivity contribution in [2.45, 2.75) is 32.4 Å². The van der Waals surface area contributed by atoms with E-state index in [-0.39, 0.29) is 5.92 Å². The van der Waals surface area contributed by atoms with Crippen LogP contribution in [0.4, 0.5) is 0 Å². The Bertz CT molecular complexity index is 859. The second kappa shape index (κ2) is 8.87. The minimum Gasteiger partial charge on any atom is -0.493 e. The number of carbonyl (C=O) groups excluding carboxylic acids is 1. The third-order valence-electron chi connectivity index (χ3n) is 6.41. The van der Waals surface area contributed by atoms with Crippen molar-refractivity contribution in [3.63, 3.8) is 0 Å². The Morgan fingerprint density at radius 2 is 1.79 bits per heavy atom. The molecule has 154 valence electrons. The summed E-state index contributed by atoms with van der Waals surface area (Å²) in [6.45, 7) is 4.55. The summed E-state index contributed by atoms with van der Waals surface area (Å²) in [7, 11) is 3.36. The molecule has 0 radical (unpaired) electrons. The summed E-state index contributed by atoms with van der Waals surface area (Å²) in [6.07, 6.45) is 2.89. The molecule has 1 saturated heterocycles. The van der Waals surface area contributed by atoms with Gasteiger partial charge < -0.3 is 19.3 Å². The Labute approximate surface area is 173 Å². The Morgan fingerprint density at radius 1 is 1.03 bits per heavy atom. The van der Waals surface area contributed by atoms with E-state index in [9.17, 15) is 4.79 Å². The van der Waals surface area contributed by atoms with Gasteiger partial charge in [0.2, 0.25) is 5.91 Å². The van der Waals surface area contributed by atoms with Crippen LogP contribution in [-0.4, -0.2) is 44.7 Å². The van der Waals surface area contributed by atoms with E-state index in [4.69, 9.17) is 9.47 Å². The molecule has 5 nitrogen and oxygen atoms in total. The summed E-state index contributed by atoms with van der Waals surface area (Å²) in [4.78, 5) is 16.7. The molecule has 0 bridgehead atoms. The maximum Gasteiger partial charge on any atom is 0.226 e. The molecule has 0 unspecified atom stereocenters. The number of fused-ring (bicyclic) bond motifs is 1. The molecular formula is C24H31N2O3+. The Morgan fingerprint density at radius 3 is 2.52 bits per heavy atom. The number of methoxy groups -OCH3 is 2. The van der Waals surface area contributed by atoms with Gasteiger partial charge in [-0.25, -0.2) is 0 Å². The number of piperidine rings is 1. The van der Waals surface area contributed by atoms with E-state index in [1.807, 2.05) is 12.1 Å². The van der Waals surface area contributed by atoms with Crippen molar-refractivity contribution < 1.29 is 19.2 Å². The molecule has 2 aromatic carbocycles. The maximum absolute atomic E-state index is 13.1.